The highest BCUT2D eigenvalue weighted by atomic mass is 35.5. The summed E-state index contributed by atoms with van der Waals surface area (Å²) in [5, 5.41) is 9.88. The number of hydrogen-bond donors (Lipinski definition) is 3. The van der Waals surface area contributed by atoms with E-state index in [1.54, 1.807) is 7.11 Å². The van der Waals surface area contributed by atoms with Crippen LogP contribution in [0.5, 0.6) is 0 Å². The molecule has 7 heteroatoms. The van der Waals surface area contributed by atoms with Crippen LogP contribution in [0.4, 0.5) is 5.82 Å². The molecule has 0 radical (unpaired) electrons. The number of alkyl halides is 1. The van der Waals surface area contributed by atoms with E-state index in [4.69, 9.17) is 16.3 Å². The Morgan fingerprint density at radius 2 is 2.03 bits per heavy atom. The topological polar surface area (TPSA) is 75.3 Å². The van der Waals surface area contributed by atoms with Gasteiger partial charge in [0.15, 0.2) is 0 Å². The molecule has 1 amide bonds. The van der Waals surface area contributed by atoms with Gasteiger partial charge in [0.1, 0.15) is 5.82 Å². The summed E-state index contributed by atoms with van der Waals surface area (Å²) >= 11 is 6.71. The van der Waals surface area contributed by atoms with Gasteiger partial charge in [0.25, 0.3) is 5.91 Å². The van der Waals surface area contributed by atoms with Gasteiger partial charge in [-0.05, 0) is 67.0 Å². The van der Waals surface area contributed by atoms with Crippen LogP contribution in [0.1, 0.15) is 41.6 Å². The summed E-state index contributed by atoms with van der Waals surface area (Å²) in [6, 6.07) is 10.5. The van der Waals surface area contributed by atoms with Crippen molar-refractivity contribution in [2.75, 3.05) is 32.1 Å². The molecule has 6 nitrogen and oxygen atoms in total. The lowest BCUT2D eigenvalue weighted by Gasteiger charge is -2.36. The van der Waals surface area contributed by atoms with Crippen LogP contribution >= 0.6 is 11.6 Å². The smallest absolute Gasteiger partial charge is 0.251 e. The number of hydrogen-bond acceptors (Lipinski definition) is 5. The van der Waals surface area contributed by atoms with Crippen molar-refractivity contribution in [3.05, 3.63) is 47.7 Å². The van der Waals surface area contributed by atoms with E-state index >= 15 is 0 Å². The minimum atomic E-state index is -0.332. The van der Waals surface area contributed by atoms with E-state index in [0.29, 0.717) is 19.2 Å². The number of nitrogens with zero attached hydrogens (tertiary/aromatic N) is 1. The fraction of sp³-hybridized carbons (Fsp3) is 0.478. The number of rotatable bonds is 7. The Labute approximate surface area is 182 Å². The van der Waals surface area contributed by atoms with E-state index in [1.165, 1.54) is 0 Å². The quantitative estimate of drug-likeness (QED) is 0.357. The first-order valence-corrected chi connectivity index (χ1v) is 11.0. The molecule has 0 unspecified atom stereocenters. The van der Waals surface area contributed by atoms with Gasteiger partial charge in [0.2, 0.25) is 0 Å². The number of halogens is 1. The van der Waals surface area contributed by atoms with Gasteiger partial charge in [0.05, 0.1) is 11.6 Å². The number of methoxy groups -OCH3 is 1. The van der Waals surface area contributed by atoms with Gasteiger partial charge >= 0.3 is 0 Å². The van der Waals surface area contributed by atoms with Crippen molar-refractivity contribution in [3.8, 4) is 11.1 Å². The summed E-state index contributed by atoms with van der Waals surface area (Å²) in [5.74, 6) is 0.895. The number of amides is 1. The number of ether oxygens (including phenoxy) is 1. The number of carbonyl (C=O) groups is 1. The lowest BCUT2D eigenvalue weighted by molar-refractivity contribution is 0.0946. The van der Waals surface area contributed by atoms with Gasteiger partial charge in [-0.15, -0.1) is 11.6 Å². The predicted octanol–water partition coefficient (Wildman–Crippen LogP) is 3.56. The second-order valence-corrected chi connectivity index (χ2v) is 8.83. The molecule has 0 saturated heterocycles. The number of fused-ring (bicyclic) bond motifs is 1. The maximum atomic E-state index is 12.0. The van der Waals surface area contributed by atoms with E-state index in [0.717, 1.165) is 66.7 Å². The van der Waals surface area contributed by atoms with E-state index in [2.05, 4.69) is 33.1 Å². The molecular weight excluding hydrogens is 400 g/mol. The van der Waals surface area contributed by atoms with Crippen LogP contribution in [-0.2, 0) is 11.2 Å². The Balaban J connectivity index is 1.39. The molecule has 1 aromatic carbocycles. The highest BCUT2D eigenvalue weighted by Gasteiger charge is 2.32. The molecule has 3 N–H and O–H groups in total. The molecular formula is C23H29ClN4O2. The van der Waals surface area contributed by atoms with Crippen molar-refractivity contribution in [3.63, 3.8) is 0 Å². The average Bonchev–Trinajstić information content (AvgIpc) is 2.76. The first-order chi connectivity index (χ1) is 14.6. The van der Waals surface area contributed by atoms with E-state index in [1.807, 2.05) is 24.4 Å². The van der Waals surface area contributed by atoms with Gasteiger partial charge in [-0.3, -0.25) is 10.1 Å². The number of anilines is 1. The Kier molecular flexibility index (Phi) is 6.56. The standard InChI is InChI=1S/C23H29ClN4O2/c1-30-13-12-27-23(24)8-4-19(5-9-23)28-21-15-17(6-10-25-21)16-2-3-20-18(14-16)7-11-26-22(20)29/h2-3,6,10,14-15,19,27H,4-5,7-9,11-13H2,1H3,(H,25,28)(H,26,29). The zero-order chi connectivity index (χ0) is 21.0. The molecule has 1 aromatic heterocycles. The number of benzene rings is 1. The molecule has 1 fully saturated rings. The Morgan fingerprint density at radius 3 is 2.83 bits per heavy atom. The molecule has 0 atom stereocenters. The van der Waals surface area contributed by atoms with Crippen LogP contribution in [0.2, 0.25) is 0 Å². The molecule has 30 heavy (non-hydrogen) atoms. The van der Waals surface area contributed by atoms with Crippen molar-refractivity contribution in [1.29, 1.82) is 0 Å². The maximum absolute atomic E-state index is 12.0. The minimum Gasteiger partial charge on any atom is -0.383 e. The van der Waals surface area contributed by atoms with Crippen LogP contribution in [0.15, 0.2) is 36.5 Å². The molecule has 2 aliphatic rings. The highest BCUT2D eigenvalue weighted by molar-refractivity contribution is 6.23. The van der Waals surface area contributed by atoms with Gasteiger partial charge < -0.3 is 15.4 Å². The van der Waals surface area contributed by atoms with Crippen molar-refractivity contribution in [2.24, 2.45) is 0 Å². The number of nitrogens with one attached hydrogen (secondary N) is 3. The minimum absolute atomic E-state index is 0.0178. The van der Waals surface area contributed by atoms with Crippen molar-refractivity contribution < 1.29 is 9.53 Å². The van der Waals surface area contributed by atoms with Crippen molar-refractivity contribution in [1.82, 2.24) is 15.6 Å². The zero-order valence-electron chi connectivity index (χ0n) is 17.3. The van der Waals surface area contributed by atoms with Gasteiger partial charge in [0, 0.05) is 38.0 Å². The summed E-state index contributed by atoms with van der Waals surface area (Å²) < 4.78 is 5.10. The summed E-state index contributed by atoms with van der Waals surface area (Å²) in [7, 11) is 1.70. The third-order valence-electron chi connectivity index (χ3n) is 6.00. The Bertz CT molecular complexity index is 897. The SMILES string of the molecule is COCCNC1(Cl)CCC(Nc2cc(-c3ccc4c(c3)CCNC4=O)ccn2)CC1. The number of pyridine rings is 1. The molecule has 4 rings (SSSR count). The van der Waals surface area contributed by atoms with Gasteiger partial charge in [-0.1, -0.05) is 12.1 Å². The predicted molar refractivity (Wildman–Crippen MR) is 120 cm³/mol. The van der Waals surface area contributed by atoms with Crippen LogP contribution in [0.3, 0.4) is 0 Å². The van der Waals surface area contributed by atoms with Gasteiger partial charge in [-0.25, -0.2) is 4.98 Å². The van der Waals surface area contributed by atoms with Crippen molar-refractivity contribution in [2.45, 2.75) is 43.1 Å². The average molecular weight is 429 g/mol. The maximum Gasteiger partial charge on any atom is 0.251 e. The highest BCUT2D eigenvalue weighted by Crippen LogP contribution is 2.33. The van der Waals surface area contributed by atoms with Crippen LogP contribution in [0.25, 0.3) is 11.1 Å². The summed E-state index contributed by atoms with van der Waals surface area (Å²) in [5.41, 5.74) is 4.10. The second-order valence-electron chi connectivity index (χ2n) is 8.11. The van der Waals surface area contributed by atoms with E-state index in [-0.39, 0.29) is 10.9 Å². The third-order valence-corrected chi connectivity index (χ3v) is 6.51. The molecule has 0 spiro atoms. The first kappa shape index (κ1) is 21.1. The largest absolute Gasteiger partial charge is 0.383 e. The number of carbonyl (C=O) groups excluding carboxylic acids is 1. The molecule has 1 aliphatic heterocycles. The van der Waals surface area contributed by atoms with E-state index in [9.17, 15) is 4.79 Å². The molecule has 1 aliphatic carbocycles. The molecule has 2 heterocycles. The Morgan fingerprint density at radius 1 is 1.23 bits per heavy atom. The monoisotopic (exact) mass is 428 g/mol. The van der Waals surface area contributed by atoms with Crippen LogP contribution in [0, 0.1) is 0 Å². The van der Waals surface area contributed by atoms with Crippen LogP contribution < -0.4 is 16.0 Å². The third kappa shape index (κ3) is 4.94. The second kappa shape index (κ2) is 9.33. The Hall–Kier alpha value is -2.15. The van der Waals surface area contributed by atoms with Crippen molar-refractivity contribution >= 4 is 23.3 Å². The molecule has 2 aromatic rings. The first-order valence-electron chi connectivity index (χ1n) is 10.6. The molecule has 0 bridgehead atoms. The lowest BCUT2D eigenvalue weighted by Crippen LogP contribution is -2.46. The fourth-order valence-electron chi connectivity index (χ4n) is 4.28. The normalized spacial score (nSPS) is 23.5. The zero-order valence-corrected chi connectivity index (χ0v) is 18.1. The van der Waals surface area contributed by atoms with Crippen LogP contribution in [-0.4, -0.2) is 48.7 Å². The number of aromatic nitrogens is 1. The summed E-state index contributed by atoms with van der Waals surface area (Å²) in [4.78, 5) is 16.2. The summed E-state index contributed by atoms with van der Waals surface area (Å²) in [6.45, 7) is 2.13. The summed E-state index contributed by atoms with van der Waals surface area (Å²) in [6.07, 6.45) is 6.49. The van der Waals surface area contributed by atoms with Gasteiger partial charge in [-0.2, -0.15) is 0 Å². The fourth-order valence-corrected chi connectivity index (χ4v) is 4.59. The van der Waals surface area contributed by atoms with E-state index < -0.39 is 0 Å². The molecule has 160 valence electrons. The lowest BCUT2D eigenvalue weighted by atomic mass is 9.90. The molecule has 1 saturated carbocycles.